The van der Waals surface area contributed by atoms with Gasteiger partial charge in [-0.25, -0.2) is 0 Å². The monoisotopic (exact) mass is 176 g/mol. The zero-order chi connectivity index (χ0) is 9.10. The van der Waals surface area contributed by atoms with Gasteiger partial charge in [0.25, 0.3) is 0 Å². The summed E-state index contributed by atoms with van der Waals surface area (Å²) in [5.74, 6) is 0.977. The molecular formula is C11H12O2. The van der Waals surface area contributed by atoms with E-state index in [0.29, 0.717) is 0 Å². The van der Waals surface area contributed by atoms with Gasteiger partial charge < -0.3 is 9.52 Å². The highest BCUT2D eigenvalue weighted by Gasteiger charge is 2.03. The van der Waals surface area contributed by atoms with E-state index in [2.05, 4.69) is 0 Å². The molecule has 0 fully saturated rings. The van der Waals surface area contributed by atoms with Crippen LogP contribution in [0.25, 0.3) is 10.8 Å². The topological polar surface area (TPSA) is 33.4 Å². The second-order valence-corrected chi connectivity index (χ2v) is 3.07. The molecule has 2 heteroatoms. The number of hydrogen-bond donors (Lipinski definition) is 1. The van der Waals surface area contributed by atoms with Crippen LogP contribution in [0.5, 0.6) is 0 Å². The van der Waals surface area contributed by atoms with E-state index in [1.54, 1.807) is 6.26 Å². The van der Waals surface area contributed by atoms with Crippen molar-refractivity contribution >= 4 is 10.8 Å². The van der Waals surface area contributed by atoms with Gasteiger partial charge in [0, 0.05) is 23.8 Å². The first-order valence-electron chi connectivity index (χ1n) is 4.48. The van der Waals surface area contributed by atoms with E-state index in [0.717, 1.165) is 29.4 Å². The second kappa shape index (κ2) is 3.62. The number of rotatable bonds is 3. The third-order valence-corrected chi connectivity index (χ3v) is 2.15. The molecule has 2 nitrogen and oxygen atoms in total. The molecule has 0 aliphatic heterocycles. The molecule has 0 atom stereocenters. The highest BCUT2D eigenvalue weighted by molar-refractivity contribution is 5.83. The van der Waals surface area contributed by atoms with Crippen LogP contribution in [0, 0.1) is 0 Å². The van der Waals surface area contributed by atoms with E-state index in [-0.39, 0.29) is 6.61 Å². The van der Waals surface area contributed by atoms with Gasteiger partial charge in [0.05, 0.1) is 6.26 Å². The van der Waals surface area contributed by atoms with E-state index in [9.17, 15) is 0 Å². The van der Waals surface area contributed by atoms with Crippen molar-refractivity contribution in [3.8, 4) is 0 Å². The lowest BCUT2D eigenvalue weighted by Crippen LogP contribution is -1.87. The van der Waals surface area contributed by atoms with Gasteiger partial charge in [0.1, 0.15) is 5.76 Å². The summed E-state index contributed by atoms with van der Waals surface area (Å²) < 4.78 is 5.41. The molecule has 13 heavy (non-hydrogen) atoms. The molecule has 2 rings (SSSR count). The summed E-state index contributed by atoms with van der Waals surface area (Å²) in [6, 6.07) is 8.07. The first-order chi connectivity index (χ1) is 6.42. The molecule has 0 saturated heterocycles. The Morgan fingerprint density at radius 2 is 2.08 bits per heavy atom. The summed E-state index contributed by atoms with van der Waals surface area (Å²) >= 11 is 0. The molecule has 0 aliphatic rings. The summed E-state index contributed by atoms with van der Waals surface area (Å²) in [6.45, 7) is 0.217. The lowest BCUT2D eigenvalue weighted by molar-refractivity contribution is 0.284. The normalized spacial score (nSPS) is 10.8. The highest BCUT2D eigenvalue weighted by Crippen LogP contribution is 2.21. The third kappa shape index (κ3) is 1.58. The summed E-state index contributed by atoms with van der Waals surface area (Å²) in [5.41, 5.74) is 0. The van der Waals surface area contributed by atoms with Gasteiger partial charge in [0.15, 0.2) is 0 Å². The van der Waals surface area contributed by atoms with Crippen LogP contribution in [0.15, 0.2) is 34.9 Å². The lowest BCUT2D eigenvalue weighted by Gasteiger charge is -1.94. The number of furan rings is 1. The van der Waals surface area contributed by atoms with Crippen molar-refractivity contribution in [3.63, 3.8) is 0 Å². The molecule has 1 N–H and O–H groups in total. The quantitative estimate of drug-likeness (QED) is 0.778. The van der Waals surface area contributed by atoms with Crippen LogP contribution < -0.4 is 0 Å². The van der Waals surface area contributed by atoms with E-state index >= 15 is 0 Å². The lowest BCUT2D eigenvalue weighted by atomic mass is 10.1. The maximum Gasteiger partial charge on any atom is 0.111 e. The van der Waals surface area contributed by atoms with Crippen LogP contribution in [0.2, 0.25) is 0 Å². The maximum absolute atomic E-state index is 8.70. The molecule has 0 aliphatic carbocycles. The summed E-state index contributed by atoms with van der Waals surface area (Å²) in [7, 11) is 0. The van der Waals surface area contributed by atoms with E-state index in [4.69, 9.17) is 9.52 Å². The van der Waals surface area contributed by atoms with Crippen LogP contribution in [0.1, 0.15) is 12.2 Å². The van der Waals surface area contributed by atoms with Gasteiger partial charge in [-0.05, 0) is 6.42 Å². The average molecular weight is 176 g/mol. The van der Waals surface area contributed by atoms with Crippen LogP contribution in [0.3, 0.4) is 0 Å². The van der Waals surface area contributed by atoms with E-state index in [1.807, 2.05) is 24.3 Å². The SMILES string of the molecule is OCCCc1occ2ccccc12. The minimum atomic E-state index is 0.217. The summed E-state index contributed by atoms with van der Waals surface area (Å²) in [5, 5.41) is 11.0. The first kappa shape index (κ1) is 8.32. The molecule has 0 unspecified atom stereocenters. The van der Waals surface area contributed by atoms with Crippen molar-refractivity contribution in [2.45, 2.75) is 12.8 Å². The summed E-state index contributed by atoms with van der Waals surface area (Å²) in [4.78, 5) is 0. The van der Waals surface area contributed by atoms with Crippen molar-refractivity contribution in [1.29, 1.82) is 0 Å². The van der Waals surface area contributed by atoms with Gasteiger partial charge in [-0.1, -0.05) is 24.3 Å². The van der Waals surface area contributed by atoms with Crippen LogP contribution in [0.4, 0.5) is 0 Å². The zero-order valence-corrected chi connectivity index (χ0v) is 7.36. The minimum absolute atomic E-state index is 0.217. The predicted octanol–water partition coefficient (Wildman–Crippen LogP) is 2.36. The first-order valence-corrected chi connectivity index (χ1v) is 4.48. The zero-order valence-electron chi connectivity index (χ0n) is 7.36. The van der Waals surface area contributed by atoms with Crippen LogP contribution >= 0.6 is 0 Å². The molecule has 0 bridgehead atoms. The van der Waals surface area contributed by atoms with Crippen molar-refractivity contribution in [3.05, 3.63) is 36.3 Å². The van der Waals surface area contributed by atoms with Gasteiger partial charge >= 0.3 is 0 Å². The van der Waals surface area contributed by atoms with Crippen molar-refractivity contribution in [1.82, 2.24) is 0 Å². The van der Waals surface area contributed by atoms with Crippen molar-refractivity contribution in [2.24, 2.45) is 0 Å². The van der Waals surface area contributed by atoms with Gasteiger partial charge in [0.2, 0.25) is 0 Å². The molecule has 0 radical (unpaired) electrons. The van der Waals surface area contributed by atoms with Crippen LogP contribution in [-0.2, 0) is 6.42 Å². The number of benzene rings is 1. The van der Waals surface area contributed by atoms with Gasteiger partial charge in [-0.15, -0.1) is 0 Å². The molecule has 0 saturated carbocycles. The predicted molar refractivity (Wildman–Crippen MR) is 51.6 cm³/mol. The number of hydrogen-bond acceptors (Lipinski definition) is 2. The molecule has 68 valence electrons. The van der Waals surface area contributed by atoms with E-state index < -0.39 is 0 Å². The fraction of sp³-hybridized carbons (Fsp3) is 0.273. The number of fused-ring (bicyclic) bond motifs is 1. The Labute approximate surface area is 76.8 Å². The standard InChI is InChI=1S/C11H12O2/c12-7-3-6-11-10-5-2-1-4-9(10)8-13-11/h1-2,4-5,8,12H,3,6-7H2. The Balaban J connectivity index is 2.35. The molecule has 0 spiro atoms. The molecule has 2 aromatic rings. The van der Waals surface area contributed by atoms with Gasteiger partial charge in [-0.3, -0.25) is 0 Å². The van der Waals surface area contributed by atoms with Crippen molar-refractivity contribution < 1.29 is 9.52 Å². The second-order valence-electron chi connectivity index (χ2n) is 3.07. The Kier molecular flexibility index (Phi) is 2.32. The summed E-state index contributed by atoms with van der Waals surface area (Å²) in [6.07, 6.45) is 3.34. The Morgan fingerprint density at radius 1 is 1.23 bits per heavy atom. The molecule has 1 heterocycles. The largest absolute Gasteiger partial charge is 0.468 e. The third-order valence-electron chi connectivity index (χ3n) is 2.15. The fourth-order valence-electron chi connectivity index (χ4n) is 1.49. The number of aliphatic hydroxyl groups is 1. The molecule has 0 amide bonds. The minimum Gasteiger partial charge on any atom is -0.468 e. The highest BCUT2D eigenvalue weighted by atomic mass is 16.3. The molecule has 1 aromatic carbocycles. The molecular weight excluding hydrogens is 164 g/mol. The number of aliphatic hydroxyl groups excluding tert-OH is 1. The Bertz CT molecular complexity index is 390. The van der Waals surface area contributed by atoms with E-state index in [1.165, 1.54) is 0 Å². The average Bonchev–Trinajstić information content (AvgIpc) is 2.58. The van der Waals surface area contributed by atoms with Gasteiger partial charge in [-0.2, -0.15) is 0 Å². The molecule has 1 aromatic heterocycles. The van der Waals surface area contributed by atoms with Crippen LogP contribution in [-0.4, -0.2) is 11.7 Å². The Hall–Kier alpha value is -1.28. The fourth-order valence-corrected chi connectivity index (χ4v) is 1.49. The Morgan fingerprint density at radius 3 is 2.92 bits per heavy atom. The maximum atomic E-state index is 8.70. The number of aryl methyl sites for hydroxylation is 1. The smallest absolute Gasteiger partial charge is 0.111 e. The van der Waals surface area contributed by atoms with Crippen molar-refractivity contribution in [2.75, 3.05) is 6.61 Å².